The Bertz CT molecular complexity index is 1010. The lowest BCUT2D eigenvalue weighted by molar-refractivity contribution is 0.00327. The quantitative estimate of drug-likeness (QED) is 0.716. The van der Waals surface area contributed by atoms with E-state index in [1.54, 1.807) is 7.11 Å². The van der Waals surface area contributed by atoms with E-state index in [2.05, 4.69) is 10.3 Å². The summed E-state index contributed by atoms with van der Waals surface area (Å²) in [6.07, 6.45) is 1.67. The molecule has 2 aromatic carbocycles. The molecule has 8 heteroatoms. The van der Waals surface area contributed by atoms with Crippen molar-refractivity contribution in [3.05, 3.63) is 71.7 Å². The molecule has 3 aromatic rings. The van der Waals surface area contributed by atoms with Crippen LogP contribution < -0.4 is 10.1 Å². The first-order valence-corrected chi connectivity index (χ1v) is 9.08. The first-order chi connectivity index (χ1) is 14.0. The van der Waals surface area contributed by atoms with E-state index in [1.807, 2.05) is 35.0 Å². The first-order valence-electron chi connectivity index (χ1n) is 9.08. The lowest BCUT2D eigenvalue weighted by Crippen LogP contribution is -2.38. The minimum atomic E-state index is -0.793. The van der Waals surface area contributed by atoms with Gasteiger partial charge in [-0.05, 0) is 36.4 Å². The number of aromatic nitrogens is 2. The number of fused-ring (bicyclic) bond motifs is 1. The fourth-order valence-corrected chi connectivity index (χ4v) is 3.21. The molecule has 29 heavy (non-hydrogen) atoms. The zero-order valence-electron chi connectivity index (χ0n) is 15.7. The van der Waals surface area contributed by atoms with Gasteiger partial charge in [-0.2, -0.15) is 0 Å². The zero-order chi connectivity index (χ0) is 20.4. The minimum Gasteiger partial charge on any atom is -0.497 e. The van der Waals surface area contributed by atoms with E-state index in [4.69, 9.17) is 9.47 Å². The molecule has 0 saturated heterocycles. The number of halogens is 2. The highest BCUT2D eigenvalue weighted by molar-refractivity contribution is 5.94. The second kappa shape index (κ2) is 8.00. The zero-order valence-corrected chi connectivity index (χ0v) is 15.7. The van der Waals surface area contributed by atoms with E-state index >= 15 is 0 Å². The van der Waals surface area contributed by atoms with Gasteiger partial charge in [0.05, 0.1) is 25.5 Å². The lowest BCUT2D eigenvalue weighted by atomic mass is 10.1. The van der Waals surface area contributed by atoms with Gasteiger partial charge in [0.15, 0.2) is 0 Å². The van der Waals surface area contributed by atoms with Crippen LogP contribution in [0.3, 0.4) is 0 Å². The molecule has 1 N–H and O–H groups in total. The predicted octanol–water partition coefficient (Wildman–Crippen LogP) is 3.17. The summed E-state index contributed by atoms with van der Waals surface area (Å²) in [4.78, 5) is 16.7. The number of nitrogens with zero attached hydrogens (tertiary/aromatic N) is 2. The number of ether oxygens (including phenoxy) is 2. The summed E-state index contributed by atoms with van der Waals surface area (Å²) in [7, 11) is 1.62. The smallest absolute Gasteiger partial charge is 0.251 e. The van der Waals surface area contributed by atoms with Crippen molar-refractivity contribution in [1.82, 2.24) is 14.9 Å². The van der Waals surface area contributed by atoms with Gasteiger partial charge in [-0.25, -0.2) is 13.8 Å². The topological polar surface area (TPSA) is 65.4 Å². The summed E-state index contributed by atoms with van der Waals surface area (Å²) in [6.45, 7) is 1.04. The molecule has 0 fully saturated rings. The SMILES string of the molecule is COc1ccc(-c2cn3c(n2)CO[C@@H](CNC(=O)c2cc(F)cc(F)c2)C3)cc1. The van der Waals surface area contributed by atoms with Crippen LogP contribution in [0.1, 0.15) is 16.2 Å². The van der Waals surface area contributed by atoms with Crippen LogP contribution in [0.4, 0.5) is 8.78 Å². The van der Waals surface area contributed by atoms with Gasteiger partial charge in [0.1, 0.15) is 29.8 Å². The first kappa shape index (κ1) is 19.1. The highest BCUT2D eigenvalue weighted by atomic mass is 19.1. The fraction of sp³-hybridized carbons (Fsp3) is 0.238. The van der Waals surface area contributed by atoms with Crippen LogP contribution in [0.25, 0.3) is 11.3 Å². The Labute approximate surface area is 166 Å². The molecule has 6 nitrogen and oxygen atoms in total. The normalized spacial score (nSPS) is 15.6. The van der Waals surface area contributed by atoms with Gasteiger partial charge in [-0.15, -0.1) is 0 Å². The van der Waals surface area contributed by atoms with Crippen molar-refractivity contribution in [3.63, 3.8) is 0 Å². The maximum atomic E-state index is 13.3. The van der Waals surface area contributed by atoms with Gasteiger partial charge in [0.2, 0.25) is 0 Å². The van der Waals surface area contributed by atoms with Crippen molar-refractivity contribution in [2.45, 2.75) is 19.3 Å². The molecule has 0 radical (unpaired) electrons. The van der Waals surface area contributed by atoms with Gasteiger partial charge >= 0.3 is 0 Å². The largest absolute Gasteiger partial charge is 0.497 e. The summed E-state index contributed by atoms with van der Waals surface area (Å²) in [5.41, 5.74) is 1.72. The molecule has 0 spiro atoms. The Hall–Kier alpha value is -3.26. The maximum Gasteiger partial charge on any atom is 0.251 e. The third-order valence-corrected chi connectivity index (χ3v) is 4.71. The van der Waals surface area contributed by atoms with Gasteiger partial charge in [0, 0.05) is 29.9 Å². The third-order valence-electron chi connectivity index (χ3n) is 4.71. The van der Waals surface area contributed by atoms with E-state index < -0.39 is 17.5 Å². The summed E-state index contributed by atoms with van der Waals surface area (Å²) < 4.78 is 39.5. The average molecular weight is 399 g/mol. The summed E-state index contributed by atoms with van der Waals surface area (Å²) in [5, 5.41) is 2.66. The van der Waals surface area contributed by atoms with Crippen LogP contribution in [0, 0.1) is 11.6 Å². The summed E-state index contributed by atoms with van der Waals surface area (Å²) in [5.74, 6) is -0.570. The van der Waals surface area contributed by atoms with Crippen LogP contribution in [0.15, 0.2) is 48.7 Å². The number of rotatable bonds is 5. The van der Waals surface area contributed by atoms with Gasteiger partial charge in [0.25, 0.3) is 5.91 Å². The van der Waals surface area contributed by atoms with E-state index in [0.717, 1.165) is 41.0 Å². The molecule has 1 amide bonds. The van der Waals surface area contributed by atoms with E-state index in [9.17, 15) is 13.6 Å². The van der Waals surface area contributed by atoms with Crippen molar-refractivity contribution in [1.29, 1.82) is 0 Å². The number of imidazole rings is 1. The van der Waals surface area contributed by atoms with Crippen molar-refractivity contribution in [3.8, 4) is 17.0 Å². The Morgan fingerprint density at radius 1 is 1.24 bits per heavy atom. The lowest BCUT2D eigenvalue weighted by Gasteiger charge is -2.24. The Balaban J connectivity index is 1.39. The maximum absolute atomic E-state index is 13.3. The van der Waals surface area contributed by atoms with Crippen molar-refractivity contribution < 1.29 is 23.0 Å². The van der Waals surface area contributed by atoms with Crippen LogP contribution in [-0.2, 0) is 17.9 Å². The van der Waals surface area contributed by atoms with E-state index in [-0.39, 0.29) is 18.2 Å². The number of methoxy groups -OCH3 is 1. The number of amides is 1. The monoisotopic (exact) mass is 399 g/mol. The second-order valence-corrected chi connectivity index (χ2v) is 6.72. The number of benzene rings is 2. The van der Waals surface area contributed by atoms with Crippen molar-refractivity contribution in [2.75, 3.05) is 13.7 Å². The highest BCUT2D eigenvalue weighted by Crippen LogP contribution is 2.24. The molecule has 4 rings (SSSR count). The second-order valence-electron chi connectivity index (χ2n) is 6.72. The molecule has 0 unspecified atom stereocenters. The van der Waals surface area contributed by atoms with Gasteiger partial charge < -0.3 is 19.4 Å². The number of carbonyl (C=O) groups excluding carboxylic acids is 1. The molecule has 0 saturated carbocycles. The molecule has 0 bridgehead atoms. The van der Waals surface area contributed by atoms with Crippen molar-refractivity contribution in [2.24, 2.45) is 0 Å². The van der Waals surface area contributed by atoms with Crippen LogP contribution in [-0.4, -0.2) is 35.2 Å². The fourth-order valence-electron chi connectivity index (χ4n) is 3.21. The minimum absolute atomic E-state index is 0.0663. The van der Waals surface area contributed by atoms with Gasteiger partial charge in [-0.1, -0.05) is 0 Å². The molecular formula is C21H19F2N3O3. The molecule has 1 aromatic heterocycles. The standard InChI is InChI=1S/C21H19F2N3O3/c1-28-17-4-2-13(3-5-17)19-11-26-10-18(29-12-20(26)25-19)9-24-21(27)14-6-15(22)8-16(23)7-14/h2-8,11,18H,9-10,12H2,1H3,(H,24,27)/t18-/m0/s1. The summed E-state index contributed by atoms with van der Waals surface area (Å²) in [6, 6.07) is 10.3. The predicted molar refractivity (Wildman–Crippen MR) is 101 cm³/mol. The molecule has 1 atom stereocenters. The van der Waals surface area contributed by atoms with E-state index in [0.29, 0.717) is 13.2 Å². The average Bonchev–Trinajstić information content (AvgIpc) is 3.14. The highest BCUT2D eigenvalue weighted by Gasteiger charge is 2.22. The van der Waals surface area contributed by atoms with Gasteiger partial charge in [-0.3, -0.25) is 4.79 Å². The molecule has 2 heterocycles. The van der Waals surface area contributed by atoms with Crippen LogP contribution >= 0.6 is 0 Å². The number of hydrogen-bond acceptors (Lipinski definition) is 4. The third kappa shape index (κ3) is 4.27. The summed E-state index contributed by atoms with van der Waals surface area (Å²) >= 11 is 0. The molecule has 1 aliphatic rings. The number of hydrogen-bond donors (Lipinski definition) is 1. The Morgan fingerprint density at radius 3 is 2.66 bits per heavy atom. The Morgan fingerprint density at radius 2 is 1.97 bits per heavy atom. The van der Waals surface area contributed by atoms with Crippen LogP contribution in [0.2, 0.25) is 0 Å². The number of carbonyl (C=O) groups is 1. The Kier molecular flexibility index (Phi) is 5.26. The number of nitrogens with one attached hydrogen (secondary N) is 1. The molecule has 1 aliphatic heterocycles. The molecular weight excluding hydrogens is 380 g/mol. The van der Waals surface area contributed by atoms with Crippen molar-refractivity contribution >= 4 is 5.91 Å². The van der Waals surface area contributed by atoms with E-state index in [1.165, 1.54) is 0 Å². The molecule has 0 aliphatic carbocycles. The molecule has 150 valence electrons. The van der Waals surface area contributed by atoms with Crippen LogP contribution in [0.5, 0.6) is 5.75 Å².